The smallest absolute Gasteiger partial charge is 0.336 e. The van der Waals surface area contributed by atoms with Crippen LogP contribution in [0.25, 0.3) is 22.2 Å². The number of nitrogens with one attached hydrogen (secondary N) is 1. The Bertz CT molecular complexity index is 1320. The summed E-state index contributed by atoms with van der Waals surface area (Å²) in [6, 6.07) is 7.75. The van der Waals surface area contributed by atoms with Gasteiger partial charge in [0.15, 0.2) is 0 Å². The van der Waals surface area contributed by atoms with Crippen LogP contribution in [0.1, 0.15) is 43.5 Å². The molecule has 0 aliphatic heterocycles. The van der Waals surface area contributed by atoms with Crippen molar-refractivity contribution >= 4 is 20.9 Å². The Labute approximate surface area is 183 Å². The lowest BCUT2D eigenvalue weighted by Crippen LogP contribution is -2.42. The Morgan fingerprint density at radius 3 is 2.44 bits per heavy atom. The Morgan fingerprint density at radius 1 is 1.25 bits per heavy atom. The topological polar surface area (TPSA) is 87.8 Å². The minimum atomic E-state index is -4.69. The van der Waals surface area contributed by atoms with E-state index in [1.807, 2.05) is 13.0 Å². The number of aryl methyl sites for hydroxylation is 1. The van der Waals surface area contributed by atoms with Crippen molar-refractivity contribution in [1.29, 1.82) is 5.26 Å². The molecule has 0 amide bonds. The third-order valence-electron chi connectivity index (χ3n) is 5.84. The van der Waals surface area contributed by atoms with Crippen LogP contribution in [0, 0.1) is 18.3 Å². The van der Waals surface area contributed by atoms with Gasteiger partial charge in [-0.2, -0.15) is 23.2 Å². The second-order valence-electron chi connectivity index (χ2n) is 8.04. The van der Waals surface area contributed by atoms with Crippen molar-refractivity contribution in [3.8, 4) is 17.3 Å². The molecule has 1 saturated carbocycles. The van der Waals surface area contributed by atoms with Crippen LogP contribution in [0.5, 0.6) is 0 Å². The molecule has 4 rings (SSSR count). The third-order valence-corrected chi connectivity index (χ3v) is 7.39. The number of fused-ring (bicyclic) bond motifs is 1. The lowest BCUT2D eigenvalue weighted by Gasteiger charge is -2.30. The number of hydrogen-bond donors (Lipinski definition) is 1. The van der Waals surface area contributed by atoms with Crippen LogP contribution in [0.4, 0.5) is 13.2 Å². The van der Waals surface area contributed by atoms with Crippen molar-refractivity contribution in [2.24, 2.45) is 0 Å². The van der Waals surface area contributed by atoms with Gasteiger partial charge in [0, 0.05) is 23.3 Å². The molecule has 1 aliphatic carbocycles. The Balaban J connectivity index is 1.80. The number of benzene rings is 1. The fraction of sp³-hybridized carbons (Fsp3) is 0.364. The summed E-state index contributed by atoms with van der Waals surface area (Å²) in [5, 5.41) is 10.6. The van der Waals surface area contributed by atoms with E-state index in [4.69, 9.17) is 0 Å². The molecule has 0 spiro atoms. The van der Waals surface area contributed by atoms with Crippen molar-refractivity contribution in [2.45, 2.75) is 56.3 Å². The highest BCUT2D eigenvalue weighted by atomic mass is 32.2. The van der Waals surface area contributed by atoms with Crippen molar-refractivity contribution < 1.29 is 21.6 Å². The van der Waals surface area contributed by atoms with E-state index in [1.54, 1.807) is 10.9 Å². The van der Waals surface area contributed by atoms with Gasteiger partial charge in [0.1, 0.15) is 12.1 Å². The number of rotatable bonds is 5. The van der Waals surface area contributed by atoms with Crippen LogP contribution in [0.2, 0.25) is 0 Å². The Morgan fingerprint density at radius 2 is 1.91 bits per heavy atom. The zero-order valence-corrected chi connectivity index (χ0v) is 18.3. The van der Waals surface area contributed by atoms with Gasteiger partial charge in [-0.3, -0.25) is 4.98 Å². The molecule has 168 valence electrons. The van der Waals surface area contributed by atoms with Crippen LogP contribution >= 0.6 is 0 Å². The van der Waals surface area contributed by atoms with E-state index in [0.29, 0.717) is 16.8 Å². The number of alkyl halides is 3. The molecule has 32 heavy (non-hydrogen) atoms. The van der Waals surface area contributed by atoms with Gasteiger partial charge in [0.25, 0.3) is 0 Å². The van der Waals surface area contributed by atoms with Gasteiger partial charge < -0.3 is 4.57 Å². The predicted octanol–water partition coefficient (Wildman–Crippen LogP) is 4.84. The van der Waals surface area contributed by atoms with Crippen molar-refractivity contribution in [3.05, 3.63) is 47.8 Å². The number of halogens is 3. The summed E-state index contributed by atoms with van der Waals surface area (Å²) in [6.45, 7) is 2.62. The summed E-state index contributed by atoms with van der Waals surface area (Å²) in [6.07, 6.45) is -0.00676. The summed E-state index contributed by atoms with van der Waals surface area (Å²) in [5.41, 5.74) is 3.44. The van der Waals surface area contributed by atoms with Crippen LogP contribution in [0.15, 0.2) is 41.4 Å². The maximum Gasteiger partial charge on any atom is 0.404 e. The van der Waals surface area contributed by atoms with Gasteiger partial charge in [0.2, 0.25) is 10.0 Å². The van der Waals surface area contributed by atoms with E-state index < -0.39 is 22.2 Å². The van der Waals surface area contributed by atoms with E-state index in [2.05, 4.69) is 15.6 Å². The lowest BCUT2D eigenvalue weighted by atomic mass is 9.92. The number of hydrogen-bond acceptors (Lipinski definition) is 4. The minimum absolute atomic E-state index is 0.217. The number of sulfonamides is 1. The van der Waals surface area contributed by atoms with Gasteiger partial charge >= 0.3 is 6.18 Å². The van der Waals surface area contributed by atoms with Crippen LogP contribution in [0.3, 0.4) is 0 Å². The predicted molar refractivity (Wildman–Crippen MR) is 113 cm³/mol. The van der Waals surface area contributed by atoms with Crippen LogP contribution in [-0.4, -0.2) is 30.2 Å². The van der Waals surface area contributed by atoms with E-state index in [1.165, 1.54) is 24.3 Å². The van der Waals surface area contributed by atoms with E-state index >= 15 is 0 Å². The Hall–Kier alpha value is -2.90. The molecule has 1 N–H and O–H groups in total. The fourth-order valence-electron chi connectivity index (χ4n) is 3.89. The molecule has 2 aromatic heterocycles. The quantitative estimate of drug-likeness (QED) is 0.588. The van der Waals surface area contributed by atoms with Gasteiger partial charge in [-0.15, -0.1) is 0 Å². The zero-order valence-electron chi connectivity index (χ0n) is 17.4. The van der Waals surface area contributed by atoms with Crippen LogP contribution in [-0.2, 0) is 10.0 Å². The summed E-state index contributed by atoms with van der Waals surface area (Å²) in [4.78, 5) is 4.04. The zero-order chi connectivity index (χ0) is 23.3. The molecule has 0 unspecified atom stereocenters. The molecule has 0 radical (unpaired) electrons. The molecule has 1 aliphatic rings. The molecule has 0 saturated heterocycles. The highest BCUT2D eigenvalue weighted by Gasteiger charge is 2.39. The van der Waals surface area contributed by atoms with Gasteiger partial charge in [0.05, 0.1) is 21.7 Å². The second kappa shape index (κ2) is 7.90. The summed E-state index contributed by atoms with van der Waals surface area (Å²) in [7, 11) is -4.36. The van der Waals surface area contributed by atoms with Gasteiger partial charge in [-0.1, -0.05) is 12.1 Å². The lowest BCUT2D eigenvalue weighted by molar-refractivity contribution is -0.147. The average Bonchev–Trinajstić information content (AvgIpc) is 2.99. The summed E-state index contributed by atoms with van der Waals surface area (Å²) >= 11 is 0. The first-order chi connectivity index (χ1) is 15.0. The first kappa shape index (κ1) is 22.3. The first-order valence-corrected chi connectivity index (χ1v) is 11.6. The standard InChI is InChI=1S/C22H21F3N4O2S/c1-13-10-20-19(12-27-13)18(11-26)21(29(20)16-4-3-5-16)15-6-8-17(9-7-15)32(30,31)28-14(2)22(23,24)25/h6-10,12,14,16,28H,3-5H2,1-2H3/t14-/m0/s1. The monoisotopic (exact) mass is 462 g/mol. The van der Waals surface area contributed by atoms with Crippen molar-refractivity contribution in [2.75, 3.05) is 0 Å². The third kappa shape index (κ3) is 3.87. The molecular formula is C22H21F3N4O2S. The molecule has 1 atom stereocenters. The second-order valence-corrected chi connectivity index (χ2v) is 9.76. The number of aromatic nitrogens is 2. The molecule has 2 heterocycles. The van der Waals surface area contributed by atoms with Crippen molar-refractivity contribution in [3.63, 3.8) is 0 Å². The summed E-state index contributed by atoms with van der Waals surface area (Å²) < 4.78 is 66.9. The SMILES string of the molecule is Cc1cc2c(cn1)c(C#N)c(-c1ccc(S(=O)(=O)N[C@@H](C)C(F)(F)F)cc1)n2C1CCC1. The minimum Gasteiger partial charge on any atom is -0.336 e. The molecule has 1 aromatic carbocycles. The molecule has 6 nitrogen and oxygen atoms in total. The van der Waals surface area contributed by atoms with Gasteiger partial charge in [-0.05, 0) is 56.9 Å². The van der Waals surface area contributed by atoms with E-state index in [0.717, 1.165) is 42.8 Å². The first-order valence-electron chi connectivity index (χ1n) is 10.1. The van der Waals surface area contributed by atoms with Crippen LogP contribution < -0.4 is 4.72 Å². The maximum absolute atomic E-state index is 12.8. The number of pyridine rings is 1. The number of nitriles is 1. The maximum atomic E-state index is 12.8. The molecular weight excluding hydrogens is 441 g/mol. The highest BCUT2D eigenvalue weighted by molar-refractivity contribution is 7.89. The summed E-state index contributed by atoms with van der Waals surface area (Å²) in [5.74, 6) is 0. The molecule has 1 fully saturated rings. The normalized spacial score (nSPS) is 16.0. The van der Waals surface area contributed by atoms with Crippen molar-refractivity contribution in [1.82, 2.24) is 14.3 Å². The molecule has 10 heteroatoms. The largest absolute Gasteiger partial charge is 0.404 e. The molecule has 3 aromatic rings. The number of nitrogens with zero attached hydrogens (tertiary/aromatic N) is 3. The van der Waals surface area contributed by atoms with E-state index in [-0.39, 0.29) is 10.9 Å². The highest BCUT2D eigenvalue weighted by Crippen LogP contribution is 2.42. The fourth-order valence-corrected chi connectivity index (χ4v) is 5.12. The molecule has 0 bridgehead atoms. The Kier molecular flexibility index (Phi) is 5.51. The van der Waals surface area contributed by atoms with Gasteiger partial charge in [-0.25, -0.2) is 8.42 Å². The average molecular weight is 462 g/mol. The van der Waals surface area contributed by atoms with E-state index in [9.17, 15) is 26.9 Å².